The first-order valence-electron chi connectivity index (χ1n) is 8.04. The number of hydrogen-bond acceptors (Lipinski definition) is 3. The van der Waals surface area contributed by atoms with Gasteiger partial charge in [-0.25, -0.2) is 4.98 Å². The van der Waals surface area contributed by atoms with Gasteiger partial charge in [0.15, 0.2) is 0 Å². The van der Waals surface area contributed by atoms with Gasteiger partial charge in [-0.3, -0.25) is 4.79 Å². The Bertz CT molecular complexity index is 750. The number of benzene rings is 2. The summed E-state index contributed by atoms with van der Waals surface area (Å²) in [6.45, 7) is 0.407. The SMILES string of the molecule is O=C(Cc1ccccc1)OCCc1ccc(Cc2c[nH]cn2)cc1. The molecule has 0 aliphatic heterocycles. The first kappa shape index (κ1) is 16.0. The minimum Gasteiger partial charge on any atom is -0.465 e. The van der Waals surface area contributed by atoms with Gasteiger partial charge in [0.1, 0.15) is 0 Å². The smallest absolute Gasteiger partial charge is 0.310 e. The number of aromatic amines is 1. The molecule has 0 saturated carbocycles. The molecule has 2 aromatic carbocycles. The lowest BCUT2D eigenvalue weighted by Crippen LogP contribution is -2.10. The van der Waals surface area contributed by atoms with E-state index >= 15 is 0 Å². The average molecular weight is 320 g/mol. The van der Waals surface area contributed by atoms with E-state index in [4.69, 9.17) is 4.74 Å². The zero-order valence-electron chi connectivity index (χ0n) is 13.4. The molecule has 0 radical (unpaired) electrons. The minimum atomic E-state index is -0.184. The van der Waals surface area contributed by atoms with E-state index in [0.717, 1.165) is 29.7 Å². The standard InChI is InChI=1S/C20H20N2O2/c23-20(13-17-4-2-1-3-5-17)24-11-10-16-6-8-18(9-7-16)12-19-14-21-15-22-19/h1-9,14-15H,10-13H2,(H,21,22). The van der Waals surface area contributed by atoms with E-state index in [2.05, 4.69) is 34.2 Å². The average Bonchev–Trinajstić information content (AvgIpc) is 3.10. The quantitative estimate of drug-likeness (QED) is 0.679. The van der Waals surface area contributed by atoms with E-state index in [-0.39, 0.29) is 5.97 Å². The second kappa shape index (κ2) is 8.11. The molecule has 0 spiro atoms. The lowest BCUT2D eigenvalue weighted by molar-refractivity contribution is -0.142. The fraction of sp³-hybridized carbons (Fsp3) is 0.200. The summed E-state index contributed by atoms with van der Waals surface area (Å²) in [6.07, 6.45) is 5.45. The van der Waals surface area contributed by atoms with Crippen LogP contribution in [0.15, 0.2) is 67.1 Å². The van der Waals surface area contributed by atoms with E-state index in [1.807, 2.05) is 36.5 Å². The summed E-state index contributed by atoms with van der Waals surface area (Å²) in [4.78, 5) is 19.0. The van der Waals surface area contributed by atoms with Crippen LogP contribution in [0, 0.1) is 0 Å². The van der Waals surface area contributed by atoms with E-state index in [0.29, 0.717) is 13.0 Å². The highest BCUT2D eigenvalue weighted by atomic mass is 16.5. The maximum absolute atomic E-state index is 11.8. The fourth-order valence-electron chi connectivity index (χ4n) is 2.52. The number of H-pyrrole nitrogens is 1. The van der Waals surface area contributed by atoms with E-state index in [1.165, 1.54) is 5.56 Å². The van der Waals surface area contributed by atoms with Crippen LogP contribution in [0.2, 0.25) is 0 Å². The van der Waals surface area contributed by atoms with Crippen molar-refractivity contribution in [1.29, 1.82) is 0 Å². The molecule has 0 atom stereocenters. The molecular formula is C20H20N2O2. The first-order valence-corrected chi connectivity index (χ1v) is 8.04. The van der Waals surface area contributed by atoms with Crippen molar-refractivity contribution >= 4 is 5.97 Å². The number of hydrogen-bond donors (Lipinski definition) is 1. The van der Waals surface area contributed by atoms with Crippen molar-refractivity contribution in [3.05, 3.63) is 89.5 Å². The molecule has 0 aliphatic carbocycles. The Balaban J connectivity index is 1.42. The number of aromatic nitrogens is 2. The van der Waals surface area contributed by atoms with Crippen LogP contribution in [0.25, 0.3) is 0 Å². The van der Waals surface area contributed by atoms with E-state index in [1.54, 1.807) is 6.33 Å². The number of carbonyl (C=O) groups is 1. The van der Waals surface area contributed by atoms with Gasteiger partial charge in [0.25, 0.3) is 0 Å². The maximum atomic E-state index is 11.8. The third-order valence-electron chi connectivity index (χ3n) is 3.81. The van der Waals surface area contributed by atoms with Crippen LogP contribution in [0.3, 0.4) is 0 Å². The van der Waals surface area contributed by atoms with Gasteiger partial charge in [0.2, 0.25) is 0 Å². The monoisotopic (exact) mass is 320 g/mol. The molecule has 3 rings (SSSR count). The number of esters is 1. The normalized spacial score (nSPS) is 10.5. The Morgan fingerprint density at radius 3 is 2.42 bits per heavy atom. The number of nitrogens with zero attached hydrogens (tertiary/aromatic N) is 1. The third-order valence-corrected chi connectivity index (χ3v) is 3.81. The summed E-state index contributed by atoms with van der Waals surface area (Å²) in [5, 5.41) is 0. The molecule has 24 heavy (non-hydrogen) atoms. The molecule has 4 heteroatoms. The Morgan fingerprint density at radius 1 is 0.958 bits per heavy atom. The second-order valence-electron chi connectivity index (χ2n) is 5.69. The Morgan fingerprint density at radius 2 is 1.71 bits per heavy atom. The Hall–Kier alpha value is -2.88. The second-order valence-corrected chi connectivity index (χ2v) is 5.69. The van der Waals surface area contributed by atoms with Gasteiger partial charge >= 0.3 is 5.97 Å². The topological polar surface area (TPSA) is 55.0 Å². The fourth-order valence-corrected chi connectivity index (χ4v) is 2.52. The van der Waals surface area contributed by atoms with Crippen molar-refractivity contribution in [2.24, 2.45) is 0 Å². The number of rotatable bonds is 7. The van der Waals surface area contributed by atoms with Gasteiger partial charge in [-0.1, -0.05) is 54.6 Å². The molecule has 4 nitrogen and oxygen atoms in total. The summed E-state index contributed by atoms with van der Waals surface area (Å²) in [7, 11) is 0. The van der Waals surface area contributed by atoms with E-state index in [9.17, 15) is 4.79 Å². The van der Waals surface area contributed by atoms with Crippen LogP contribution in [0.1, 0.15) is 22.4 Å². The van der Waals surface area contributed by atoms with Crippen LogP contribution >= 0.6 is 0 Å². The molecule has 1 N–H and O–H groups in total. The van der Waals surface area contributed by atoms with Crippen molar-refractivity contribution in [1.82, 2.24) is 9.97 Å². The lowest BCUT2D eigenvalue weighted by atomic mass is 10.1. The molecule has 1 heterocycles. The van der Waals surface area contributed by atoms with Crippen LogP contribution in [-0.2, 0) is 28.8 Å². The Labute approximate surface area is 141 Å². The molecule has 0 bridgehead atoms. The molecule has 1 aromatic heterocycles. The maximum Gasteiger partial charge on any atom is 0.310 e. The van der Waals surface area contributed by atoms with Crippen LogP contribution in [-0.4, -0.2) is 22.5 Å². The number of carbonyl (C=O) groups excluding carboxylic acids is 1. The molecule has 0 unspecified atom stereocenters. The predicted molar refractivity (Wildman–Crippen MR) is 92.6 cm³/mol. The highest BCUT2D eigenvalue weighted by Gasteiger charge is 2.05. The molecule has 3 aromatic rings. The number of nitrogens with one attached hydrogen (secondary N) is 1. The van der Waals surface area contributed by atoms with Gasteiger partial charge in [0, 0.05) is 19.0 Å². The third kappa shape index (κ3) is 4.81. The Kier molecular flexibility index (Phi) is 5.40. The van der Waals surface area contributed by atoms with Crippen molar-refractivity contribution in [3.8, 4) is 0 Å². The van der Waals surface area contributed by atoms with Crippen molar-refractivity contribution in [2.75, 3.05) is 6.61 Å². The zero-order valence-corrected chi connectivity index (χ0v) is 13.4. The highest BCUT2D eigenvalue weighted by Crippen LogP contribution is 2.10. The first-order chi connectivity index (χ1) is 11.8. The molecular weight excluding hydrogens is 300 g/mol. The van der Waals surface area contributed by atoms with Crippen molar-refractivity contribution < 1.29 is 9.53 Å². The predicted octanol–water partition coefficient (Wildman–Crippen LogP) is 3.33. The summed E-state index contributed by atoms with van der Waals surface area (Å²) < 4.78 is 5.31. The summed E-state index contributed by atoms with van der Waals surface area (Å²) in [5.74, 6) is -0.184. The summed E-state index contributed by atoms with van der Waals surface area (Å²) in [5.41, 5.74) is 4.38. The molecule has 122 valence electrons. The summed E-state index contributed by atoms with van der Waals surface area (Å²) >= 11 is 0. The lowest BCUT2D eigenvalue weighted by Gasteiger charge is -2.06. The van der Waals surface area contributed by atoms with Crippen molar-refractivity contribution in [3.63, 3.8) is 0 Å². The molecule has 0 fully saturated rings. The van der Waals surface area contributed by atoms with Crippen LogP contribution in [0.4, 0.5) is 0 Å². The highest BCUT2D eigenvalue weighted by molar-refractivity contribution is 5.72. The number of ether oxygens (including phenoxy) is 1. The molecule has 0 amide bonds. The van der Waals surface area contributed by atoms with Gasteiger partial charge in [-0.2, -0.15) is 0 Å². The minimum absolute atomic E-state index is 0.184. The molecule has 0 saturated heterocycles. The summed E-state index contributed by atoms with van der Waals surface area (Å²) in [6, 6.07) is 18.0. The largest absolute Gasteiger partial charge is 0.465 e. The van der Waals surface area contributed by atoms with Gasteiger partial charge in [-0.15, -0.1) is 0 Å². The zero-order chi connectivity index (χ0) is 16.6. The van der Waals surface area contributed by atoms with Crippen molar-refractivity contribution in [2.45, 2.75) is 19.3 Å². The van der Waals surface area contributed by atoms with Crippen LogP contribution in [0.5, 0.6) is 0 Å². The van der Waals surface area contributed by atoms with Gasteiger partial charge < -0.3 is 9.72 Å². The van der Waals surface area contributed by atoms with Gasteiger partial charge in [0.05, 0.1) is 25.0 Å². The van der Waals surface area contributed by atoms with Gasteiger partial charge in [-0.05, 0) is 16.7 Å². The molecule has 0 aliphatic rings. The van der Waals surface area contributed by atoms with Crippen LogP contribution < -0.4 is 0 Å². The number of imidazole rings is 1. The van der Waals surface area contributed by atoms with E-state index < -0.39 is 0 Å².